The Kier molecular flexibility index (Phi) is 5.88. The van der Waals surface area contributed by atoms with E-state index < -0.39 is 11.9 Å². The van der Waals surface area contributed by atoms with Gasteiger partial charge in [0, 0.05) is 19.0 Å². The monoisotopic (exact) mass is 339 g/mol. The van der Waals surface area contributed by atoms with Crippen LogP contribution in [0.1, 0.15) is 31.7 Å². The van der Waals surface area contributed by atoms with Gasteiger partial charge in [0.25, 0.3) is 0 Å². The number of hydrogen-bond acceptors (Lipinski definition) is 3. The van der Waals surface area contributed by atoms with Gasteiger partial charge in [0.15, 0.2) is 0 Å². The van der Waals surface area contributed by atoms with Crippen LogP contribution >= 0.6 is 11.6 Å². The molecular formula is C17H22ClNO4. The molecule has 1 fully saturated rings. The summed E-state index contributed by atoms with van der Waals surface area (Å²) in [7, 11) is 1.56. The molecule has 5 nitrogen and oxygen atoms in total. The fraction of sp³-hybridized carbons (Fsp3) is 0.529. The van der Waals surface area contributed by atoms with Crippen LogP contribution in [0.5, 0.6) is 5.75 Å². The van der Waals surface area contributed by atoms with Gasteiger partial charge in [-0.25, -0.2) is 0 Å². The Balaban J connectivity index is 1.94. The third kappa shape index (κ3) is 4.86. The molecule has 0 aliphatic heterocycles. The predicted octanol–water partition coefficient (Wildman–Crippen LogP) is 2.99. The minimum atomic E-state index is -0.870. The van der Waals surface area contributed by atoms with Crippen molar-refractivity contribution in [1.82, 2.24) is 4.90 Å². The van der Waals surface area contributed by atoms with Crippen molar-refractivity contribution in [3.05, 3.63) is 28.8 Å². The Morgan fingerprint density at radius 2 is 2.13 bits per heavy atom. The Bertz CT molecular complexity index is 586. The van der Waals surface area contributed by atoms with Gasteiger partial charge in [-0.3, -0.25) is 9.59 Å². The van der Waals surface area contributed by atoms with E-state index in [-0.39, 0.29) is 18.5 Å². The molecule has 0 heterocycles. The van der Waals surface area contributed by atoms with E-state index in [1.807, 2.05) is 6.07 Å². The van der Waals surface area contributed by atoms with Gasteiger partial charge in [0.2, 0.25) is 5.91 Å². The minimum Gasteiger partial charge on any atom is -0.495 e. The van der Waals surface area contributed by atoms with Crippen molar-refractivity contribution < 1.29 is 19.4 Å². The number of halogens is 1. The number of hydrogen-bond donors (Lipinski definition) is 1. The molecule has 1 aliphatic carbocycles. The first-order valence-electron chi connectivity index (χ1n) is 7.77. The Hall–Kier alpha value is -1.75. The molecule has 1 N–H and O–H groups in total. The van der Waals surface area contributed by atoms with Crippen LogP contribution in [0.15, 0.2) is 18.2 Å². The van der Waals surface area contributed by atoms with Crippen LogP contribution in [0.3, 0.4) is 0 Å². The van der Waals surface area contributed by atoms with Crippen molar-refractivity contribution in [1.29, 1.82) is 0 Å². The number of aliphatic carboxylic acids is 1. The maximum Gasteiger partial charge on any atom is 0.308 e. The van der Waals surface area contributed by atoms with Gasteiger partial charge in [0.05, 0.1) is 18.1 Å². The number of benzene rings is 1. The fourth-order valence-electron chi connectivity index (χ4n) is 2.47. The topological polar surface area (TPSA) is 66.8 Å². The summed E-state index contributed by atoms with van der Waals surface area (Å²) in [5.74, 6) is -0.801. The molecule has 23 heavy (non-hydrogen) atoms. The normalized spacial score (nSPS) is 15.1. The molecule has 1 aliphatic rings. The second-order valence-corrected chi connectivity index (χ2v) is 6.39. The fourth-order valence-corrected chi connectivity index (χ4v) is 2.75. The lowest BCUT2D eigenvalue weighted by molar-refractivity contribution is -0.143. The number of rotatable bonds is 8. The number of aryl methyl sites for hydroxylation is 1. The number of ether oxygens (including phenoxy) is 1. The van der Waals surface area contributed by atoms with Gasteiger partial charge in [-0.2, -0.15) is 0 Å². The van der Waals surface area contributed by atoms with Crippen molar-refractivity contribution in [2.24, 2.45) is 5.92 Å². The third-order valence-corrected chi connectivity index (χ3v) is 4.34. The molecule has 1 saturated carbocycles. The summed E-state index contributed by atoms with van der Waals surface area (Å²) in [5.41, 5.74) is 0.964. The van der Waals surface area contributed by atoms with E-state index in [0.717, 1.165) is 18.4 Å². The van der Waals surface area contributed by atoms with Crippen LogP contribution in [-0.2, 0) is 16.0 Å². The number of amides is 1. The van der Waals surface area contributed by atoms with Crippen LogP contribution in [0.4, 0.5) is 0 Å². The maximum atomic E-state index is 12.4. The second-order valence-electron chi connectivity index (χ2n) is 5.99. The molecule has 1 unspecified atom stereocenters. The standard InChI is InChI=1S/C17H22ClNO4/c1-11(17(21)22)10-19(13-5-6-13)16(20)8-4-12-3-7-15(23-2)14(18)9-12/h3,7,9,11,13H,4-6,8,10H2,1-2H3,(H,21,22). The SMILES string of the molecule is COc1ccc(CCC(=O)N(CC(C)C(=O)O)C2CC2)cc1Cl. The molecule has 0 spiro atoms. The number of nitrogens with zero attached hydrogens (tertiary/aromatic N) is 1. The number of carboxylic acids is 1. The number of carboxylic acid groups (broad SMARTS) is 1. The van der Waals surface area contributed by atoms with Crippen molar-refractivity contribution >= 4 is 23.5 Å². The smallest absolute Gasteiger partial charge is 0.308 e. The van der Waals surface area contributed by atoms with E-state index in [4.69, 9.17) is 21.4 Å². The summed E-state index contributed by atoms with van der Waals surface area (Å²) in [5, 5.41) is 9.56. The van der Waals surface area contributed by atoms with Crippen LogP contribution in [-0.4, -0.2) is 41.6 Å². The zero-order chi connectivity index (χ0) is 17.0. The van der Waals surface area contributed by atoms with Gasteiger partial charge < -0.3 is 14.7 Å². The van der Waals surface area contributed by atoms with E-state index in [9.17, 15) is 9.59 Å². The first-order chi connectivity index (χ1) is 10.9. The number of methoxy groups -OCH3 is 1. The summed E-state index contributed by atoms with van der Waals surface area (Å²) in [6.45, 7) is 1.91. The summed E-state index contributed by atoms with van der Waals surface area (Å²) >= 11 is 6.09. The molecule has 6 heteroatoms. The Morgan fingerprint density at radius 3 is 2.65 bits per heavy atom. The average molecular weight is 340 g/mol. The largest absolute Gasteiger partial charge is 0.495 e. The molecule has 0 saturated heterocycles. The molecule has 1 atom stereocenters. The van der Waals surface area contributed by atoms with E-state index in [1.54, 1.807) is 31.1 Å². The zero-order valence-electron chi connectivity index (χ0n) is 13.4. The van der Waals surface area contributed by atoms with Gasteiger partial charge in [-0.05, 0) is 37.0 Å². The van der Waals surface area contributed by atoms with Gasteiger partial charge in [-0.15, -0.1) is 0 Å². The summed E-state index contributed by atoms with van der Waals surface area (Å²) in [4.78, 5) is 25.2. The maximum absolute atomic E-state index is 12.4. The van der Waals surface area contributed by atoms with Gasteiger partial charge in [0.1, 0.15) is 5.75 Å². The first kappa shape index (κ1) is 17.6. The molecule has 126 valence electrons. The highest BCUT2D eigenvalue weighted by atomic mass is 35.5. The number of carbonyl (C=O) groups excluding carboxylic acids is 1. The third-order valence-electron chi connectivity index (χ3n) is 4.04. The molecule has 2 rings (SSSR count). The summed E-state index contributed by atoms with van der Waals surface area (Å²) < 4.78 is 5.11. The van der Waals surface area contributed by atoms with E-state index in [2.05, 4.69) is 0 Å². The quantitative estimate of drug-likeness (QED) is 0.790. The minimum absolute atomic E-state index is 0.00698. The molecule has 0 aromatic heterocycles. The molecule has 1 amide bonds. The van der Waals surface area contributed by atoms with Crippen molar-refractivity contribution in [2.75, 3.05) is 13.7 Å². The molecule has 0 radical (unpaired) electrons. The van der Waals surface area contributed by atoms with Crippen LogP contribution < -0.4 is 4.74 Å². The molecule has 0 bridgehead atoms. The molecule has 1 aromatic rings. The average Bonchev–Trinajstić information content (AvgIpc) is 3.34. The Morgan fingerprint density at radius 1 is 1.43 bits per heavy atom. The zero-order valence-corrected chi connectivity index (χ0v) is 14.2. The Labute approximate surface area is 141 Å². The predicted molar refractivity (Wildman–Crippen MR) is 87.9 cm³/mol. The van der Waals surface area contributed by atoms with Crippen LogP contribution in [0.25, 0.3) is 0 Å². The second kappa shape index (κ2) is 7.68. The van der Waals surface area contributed by atoms with Crippen molar-refractivity contribution in [3.8, 4) is 5.75 Å². The van der Waals surface area contributed by atoms with E-state index in [0.29, 0.717) is 23.6 Å². The van der Waals surface area contributed by atoms with Crippen molar-refractivity contribution in [2.45, 2.75) is 38.6 Å². The van der Waals surface area contributed by atoms with Crippen LogP contribution in [0.2, 0.25) is 5.02 Å². The lowest BCUT2D eigenvalue weighted by atomic mass is 10.1. The van der Waals surface area contributed by atoms with Crippen LogP contribution in [0, 0.1) is 5.92 Å². The van der Waals surface area contributed by atoms with Gasteiger partial charge >= 0.3 is 5.97 Å². The first-order valence-corrected chi connectivity index (χ1v) is 8.15. The van der Waals surface area contributed by atoms with E-state index >= 15 is 0 Å². The van der Waals surface area contributed by atoms with E-state index in [1.165, 1.54) is 0 Å². The summed E-state index contributed by atoms with van der Waals surface area (Å²) in [6.07, 6.45) is 2.86. The molecular weight excluding hydrogens is 318 g/mol. The lowest BCUT2D eigenvalue weighted by Gasteiger charge is -2.24. The highest BCUT2D eigenvalue weighted by molar-refractivity contribution is 6.32. The summed E-state index contributed by atoms with van der Waals surface area (Å²) in [6, 6.07) is 5.69. The molecule has 1 aromatic carbocycles. The van der Waals surface area contributed by atoms with Gasteiger partial charge in [-0.1, -0.05) is 24.6 Å². The highest BCUT2D eigenvalue weighted by Crippen LogP contribution is 2.29. The lowest BCUT2D eigenvalue weighted by Crippen LogP contribution is -2.38. The highest BCUT2D eigenvalue weighted by Gasteiger charge is 2.34. The number of carbonyl (C=O) groups is 2. The van der Waals surface area contributed by atoms with Crippen molar-refractivity contribution in [3.63, 3.8) is 0 Å².